The molecule has 0 spiro atoms. The van der Waals surface area contributed by atoms with E-state index in [9.17, 15) is 0 Å². The molecule has 2 unspecified atom stereocenters. The largest absolute Gasteiger partial charge is 0.382 e. The van der Waals surface area contributed by atoms with Crippen LogP contribution in [0.4, 0.5) is 5.69 Å². The molecule has 1 N–H and O–H groups in total. The van der Waals surface area contributed by atoms with Crippen molar-refractivity contribution in [2.24, 2.45) is 5.92 Å². The smallest absolute Gasteiger partial charge is 0.0372 e. The van der Waals surface area contributed by atoms with Gasteiger partial charge in [0.1, 0.15) is 0 Å². The summed E-state index contributed by atoms with van der Waals surface area (Å²) in [5.41, 5.74) is 2.67. The van der Waals surface area contributed by atoms with Gasteiger partial charge in [-0.1, -0.05) is 38.0 Å². The van der Waals surface area contributed by atoms with Crippen LogP contribution >= 0.6 is 0 Å². The summed E-state index contributed by atoms with van der Waals surface area (Å²) >= 11 is 0. The highest BCUT2D eigenvalue weighted by Crippen LogP contribution is 2.27. The van der Waals surface area contributed by atoms with E-state index in [2.05, 4.69) is 43.4 Å². The molecule has 0 aromatic heterocycles. The van der Waals surface area contributed by atoms with Crippen molar-refractivity contribution in [3.8, 4) is 0 Å². The summed E-state index contributed by atoms with van der Waals surface area (Å²) < 4.78 is 0. The number of aryl methyl sites for hydroxylation is 1. The van der Waals surface area contributed by atoms with Gasteiger partial charge in [-0.05, 0) is 37.3 Å². The highest BCUT2D eigenvalue weighted by atomic mass is 14.9. The molecule has 2 atom stereocenters. The predicted octanol–water partition coefficient (Wildman–Crippen LogP) is 3.99. The van der Waals surface area contributed by atoms with Crippen molar-refractivity contribution < 1.29 is 0 Å². The minimum absolute atomic E-state index is 0.680. The average Bonchev–Trinajstić information content (AvgIpc) is 2.24. The SMILES string of the molecule is Cc1ccccc1NC1CCCCC1C. The van der Waals surface area contributed by atoms with Gasteiger partial charge in [-0.25, -0.2) is 0 Å². The zero-order valence-electron chi connectivity index (χ0n) is 9.79. The first-order valence-electron chi connectivity index (χ1n) is 6.09. The van der Waals surface area contributed by atoms with Crippen molar-refractivity contribution in [3.05, 3.63) is 29.8 Å². The van der Waals surface area contributed by atoms with Crippen molar-refractivity contribution in [2.45, 2.75) is 45.6 Å². The van der Waals surface area contributed by atoms with Gasteiger partial charge in [0.25, 0.3) is 0 Å². The van der Waals surface area contributed by atoms with Gasteiger partial charge in [0, 0.05) is 11.7 Å². The lowest BCUT2D eigenvalue weighted by atomic mass is 9.85. The Morgan fingerprint density at radius 3 is 2.60 bits per heavy atom. The number of benzene rings is 1. The van der Waals surface area contributed by atoms with Gasteiger partial charge in [-0.15, -0.1) is 0 Å². The van der Waals surface area contributed by atoms with E-state index >= 15 is 0 Å². The molecule has 1 nitrogen and oxygen atoms in total. The molecule has 0 saturated heterocycles. The lowest BCUT2D eigenvalue weighted by Gasteiger charge is -2.30. The zero-order chi connectivity index (χ0) is 10.7. The van der Waals surface area contributed by atoms with E-state index in [0.29, 0.717) is 6.04 Å². The summed E-state index contributed by atoms with van der Waals surface area (Å²) in [5, 5.41) is 3.70. The van der Waals surface area contributed by atoms with Crippen LogP contribution < -0.4 is 5.32 Å². The Balaban J connectivity index is 2.04. The lowest BCUT2D eigenvalue weighted by Crippen LogP contribution is -2.30. The Morgan fingerprint density at radius 2 is 1.87 bits per heavy atom. The number of rotatable bonds is 2. The van der Waals surface area contributed by atoms with Crippen LogP contribution in [0.2, 0.25) is 0 Å². The third kappa shape index (κ3) is 2.53. The van der Waals surface area contributed by atoms with Crippen LogP contribution in [0.5, 0.6) is 0 Å². The van der Waals surface area contributed by atoms with Crippen LogP contribution in [0.3, 0.4) is 0 Å². The molecule has 15 heavy (non-hydrogen) atoms. The summed E-state index contributed by atoms with van der Waals surface area (Å²) in [5.74, 6) is 0.818. The number of para-hydroxylation sites is 1. The Morgan fingerprint density at radius 1 is 1.13 bits per heavy atom. The molecule has 1 aromatic carbocycles. The topological polar surface area (TPSA) is 12.0 Å². The Kier molecular flexibility index (Phi) is 3.30. The van der Waals surface area contributed by atoms with Gasteiger partial charge in [0.05, 0.1) is 0 Å². The second-order valence-electron chi connectivity index (χ2n) is 4.83. The van der Waals surface area contributed by atoms with Gasteiger partial charge in [0.2, 0.25) is 0 Å². The fourth-order valence-electron chi connectivity index (χ4n) is 2.47. The number of hydrogen-bond acceptors (Lipinski definition) is 1. The normalized spacial score (nSPS) is 26.3. The molecule has 0 bridgehead atoms. The first-order chi connectivity index (χ1) is 7.27. The monoisotopic (exact) mass is 203 g/mol. The maximum atomic E-state index is 3.70. The maximum absolute atomic E-state index is 3.70. The van der Waals surface area contributed by atoms with Gasteiger partial charge in [-0.3, -0.25) is 0 Å². The summed E-state index contributed by atoms with van der Waals surface area (Å²) in [4.78, 5) is 0. The van der Waals surface area contributed by atoms with Crippen LogP contribution in [-0.4, -0.2) is 6.04 Å². The van der Waals surface area contributed by atoms with Crippen molar-refractivity contribution in [1.82, 2.24) is 0 Å². The Labute approximate surface area is 92.9 Å². The summed E-state index contributed by atoms with van der Waals surface area (Å²) in [6.07, 6.45) is 5.50. The van der Waals surface area contributed by atoms with E-state index in [-0.39, 0.29) is 0 Å². The van der Waals surface area contributed by atoms with E-state index in [1.165, 1.54) is 36.9 Å². The highest BCUT2D eigenvalue weighted by molar-refractivity contribution is 5.51. The molecule has 0 amide bonds. The van der Waals surface area contributed by atoms with Crippen LogP contribution in [0.15, 0.2) is 24.3 Å². The van der Waals surface area contributed by atoms with Crippen molar-refractivity contribution in [3.63, 3.8) is 0 Å². The van der Waals surface area contributed by atoms with Crippen LogP contribution in [0, 0.1) is 12.8 Å². The van der Waals surface area contributed by atoms with Gasteiger partial charge >= 0.3 is 0 Å². The molecule has 1 fully saturated rings. The lowest BCUT2D eigenvalue weighted by molar-refractivity contribution is 0.349. The minimum atomic E-state index is 0.680. The fraction of sp³-hybridized carbons (Fsp3) is 0.571. The predicted molar refractivity (Wildman–Crippen MR) is 66.2 cm³/mol. The van der Waals surface area contributed by atoms with Crippen molar-refractivity contribution in [2.75, 3.05) is 5.32 Å². The second kappa shape index (κ2) is 4.69. The summed E-state index contributed by atoms with van der Waals surface area (Å²) in [6.45, 7) is 4.55. The summed E-state index contributed by atoms with van der Waals surface area (Å²) in [6, 6.07) is 9.26. The molecule has 2 rings (SSSR count). The molecule has 1 aromatic rings. The molecule has 82 valence electrons. The average molecular weight is 203 g/mol. The van der Waals surface area contributed by atoms with Crippen molar-refractivity contribution in [1.29, 1.82) is 0 Å². The number of hydrogen-bond donors (Lipinski definition) is 1. The molecule has 1 heteroatoms. The van der Waals surface area contributed by atoms with E-state index in [1.807, 2.05) is 0 Å². The third-order valence-corrected chi connectivity index (χ3v) is 3.60. The van der Waals surface area contributed by atoms with Crippen LogP contribution in [-0.2, 0) is 0 Å². The zero-order valence-corrected chi connectivity index (χ0v) is 9.79. The van der Waals surface area contributed by atoms with E-state index in [1.54, 1.807) is 0 Å². The quantitative estimate of drug-likeness (QED) is 0.766. The molecule has 1 saturated carbocycles. The number of nitrogens with one attached hydrogen (secondary N) is 1. The van der Waals surface area contributed by atoms with Gasteiger partial charge in [-0.2, -0.15) is 0 Å². The summed E-state index contributed by atoms with van der Waals surface area (Å²) in [7, 11) is 0. The highest BCUT2D eigenvalue weighted by Gasteiger charge is 2.20. The second-order valence-corrected chi connectivity index (χ2v) is 4.83. The van der Waals surface area contributed by atoms with E-state index < -0.39 is 0 Å². The fourth-order valence-corrected chi connectivity index (χ4v) is 2.47. The van der Waals surface area contributed by atoms with Crippen molar-refractivity contribution >= 4 is 5.69 Å². The first-order valence-corrected chi connectivity index (χ1v) is 6.09. The standard InChI is InChI=1S/C14H21N/c1-11-7-3-5-9-13(11)15-14-10-6-4-8-12(14)2/h3,5,7,9,12,14-15H,4,6,8,10H2,1-2H3. The van der Waals surface area contributed by atoms with Gasteiger partial charge < -0.3 is 5.32 Å². The molecule has 0 aliphatic heterocycles. The first kappa shape index (κ1) is 10.5. The third-order valence-electron chi connectivity index (χ3n) is 3.60. The molecule has 0 heterocycles. The molecular formula is C14H21N. The number of anilines is 1. The van der Waals surface area contributed by atoms with Crippen LogP contribution in [0.1, 0.15) is 38.2 Å². The maximum Gasteiger partial charge on any atom is 0.0372 e. The van der Waals surface area contributed by atoms with E-state index in [4.69, 9.17) is 0 Å². The Bertz CT molecular complexity index is 319. The van der Waals surface area contributed by atoms with Crippen LogP contribution in [0.25, 0.3) is 0 Å². The van der Waals surface area contributed by atoms with Gasteiger partial charge in [0.15, 0.2) is 0 Å². The molecule has 1 aliphatic carbocycles. The minimum Gasteiger partial charge on any atom is -0.382 e. The molecule has 0 radical (unpaired) electrons. The Hall–Kier alpha value is -0.980. The van der Waals surface area contributed by atoms with E-state index in [0.717, 1.165) is 5.92 Å². The molecule has 1 aliphatic rings. The molecular weight excluding hydrogens is 182 g/mol.